The van der Waals surface area contributed by atoms with E-state index < -0.39 is 11.6 Å². The lowest BCUT2D eigenvalue weighted by Gasteiger charge is -2.27. The third-order valence-corrected chi connectivity index (χ3v) is 5.00. The molecule has 0 saturated carbocycles. The smallest absolute Gasteiger partial charge is 0.319 e. The molecule has 6 heteroatoms. The van der Waals surface area contributed by atoms with Crippen LogP contribution in [-0.2, 0) is 16.9 Å². The largest absolute Gasteiger partial charge is 0.326 e. The summed E-state index contributed by atoms with van der Waals surface area (Å²) in [6, 6.07) is 13.5. The van der Waals surface area contributed by atoms with Gasteiger partial charge in [-0.05, 0) is 43.7 Å². The van der Waals surface area contributed by atoms with Crippen molar-refractivity contribution in [2.45, 2.75) is 32.4 Å². The average molecular weight is 369 g/mol. The number of amides is 3. The van der Waals surface area contributed by atoms with Gasteiger partial charge in [-0.2, -0.15) is 0 Å². The summed E-state index contributed by atoms with van der Waals surface area (Å²) in [7, 11) is 1.82. The number of benzene rings is 2. The van der Waals surface area contributed by atoms with Gasteiger partial charge in [0.25, 0.3) is 5.91 Å². The molecule has 1 N–H and O–H groups in total. The normalized spacial score (nSPS) is 19.7. The van der Waals surface area contributed by atoms with Crippen molar-refractivity contribution in [3.05, 3.63) is 71.0 Å². The Morgan fingerprint density at radius 1 is 1.07 bits per heavy atom. The molecule has 3 amide bonds. The predicted molar refractivity (Wildman–Crippen MR) is 101 cm³/mol. The van der Waals surface area contributed by atoms with Gasteiger partial charge in [-0.1, -0.05) is 48.9 Å². The SMILES string of the molecule is CC[C@@]1(c2ccc(C)cc2)NC(=O)N(CN(C)Cc2ccc(F)cc2)C1=O. The van der Waals surface area contributed by atoms with Crippen molar-refractivity contribution in [2.24, 2.45) is 0 Å². The van der Waals surface area contributed by atoms with Crippen LogP contribution < -0.4 is 5.32 Å². The zero-order valence-electron chi connectivity index (χ0n) is 15.8. The summed E-state index contributed by atoms with van der Waals surface area (Å²) in [5.74, 6) is -0.536. The molecule has 1 aliphatic rings. The molecule has 0 bridgehead atoms. The maximum Gasteiger partial charge on any atom is 0.326 e. The number of aryl methyl sites for hydroxylation is 1. The third kappa shape index (κ3) is 3.71. The van der Waals surface area contributed by atoms with E-state index in [9.17, 15) is 14.0 Å². The Morgan fingerprint density at radius 2 is 1.70 bits per heavy atom. The first-order chi connectivity index (χ1) is 12.9. The molecule has 0 spiro atoms. The van der Waals surface area contributed by atoms with Crippen molar-refractivity contribution < 1.29 is 14.0 Å². The van der Waals surface area contributed by atoms with Crippen LogP contribution in [0.15, 0.2) is 48.5 Å². The Bertz CT molecular complexity index is 836. The Balaban J connectivity index is 1.76. The summed E-state index contributed by atoms with van der Waals surface area (Å²) in [5.41, 5.74) is 1.77. The lowest BCUT2D eigenvalue weighted by Crippen LogP contribution is -2.44. The van der Waals surface area contributed by atoms with Crippen molar-refractivity contribution in [3.63, 3.8) is 0 Å². The summed E-state index contributed by atoms with van der Waals surface area (Å²) in [6.07, 6.45) is 0.471. The molecule has 1 saturated heterocycles. The van der Waals surface area contributed by atoms with Crippen molar-refractivity contribution >= 4 is 11.9 Å². The summed E-state index contributed by atoms with van der Waals surface area (Å²) in [6.45, 7) is 4.54. The second-order valence-electron chi connectivity index (χ2n) is 7.07. The van der Waals surface area contributed by atoms with Crippen LogP contribution in [0.4, 0.5) is 9.18 Å². The van der Waals surface area contributed by atoms with Crippen LogP contribution in [0.1, 0.15) is 30.0 Å². The fourth-order valence-corrected chi connectivity index (χ4v) is 3.42. The number of nitrogens with one attached hydrogen (secondary N) is 1. The molecule has 142 valence electrons. The molecule has 3 rings (SSSR count). The number of imide groups is 1. The molecule has 0 aliphatic carbocycles. The standard InChI is InChI=1S/C21H24FN3O2/c1-4-21(17-9-5-15(2)6-10-17)19(26)25(20(27)23-21)14-24(3)13-16-7-11-18(22)12-8-16/h5-12H,4,13-14H2,1-3H3,(H,23,27)/t21-/m0/s1. The summed E-state index contributed by atoms with van der Waals surface area (Å²) in [5, 5.41) is 2.89. The number of hydrogen-bond acceptors (Lipinski definition) is 3. The maximum atomic E-state index is 13.2. The average Bonchev–Trinajstić information content (AvgIpc) is 2.89. The lowest BCUT2D eigenvalue weighted by atomic mass is 9.87. The molecule has 1 atom stereocenters. The minimum atomic E-state index is -1.03. The van der Waals surface area contributed by atoms with E-state index in [1.165, 1.54) is 17.0 Å². The van der Waals surface area contributed by atoms with E-state index in [1.54, 1.807) is 12.1 Å². The Kier molecular flexibility index (Phi) is 5.28. The van der Waals surface area contributed by atoms with Crippen LogP contribution in [0.3, 0.4) is 0 Å². The molecule has 1 heterocycles. The van der Waals surface area contributed by atoms with Crippen LogP contribution in [0.5, 0.6) is 0 Å². The van der Waals surface area contributed by atoms with E-state index in [2.05, 4.69) is 5.32 Å². The van der Waals surface area contributed by atoms with Crippen LogP contribution in [0.25, 0.3) is 0 Å². The Labute approximate surface area is 158 Å². The molecule has 2 aromatic carbocycles. The topological polar surface area (TPSA) is 52.7 Å². The van der Waals surface area contributed by atoms with Gasteiger partial charge in [0.1, 0.15) is 11.4 Å². The van der Waals surface area contributed by atoms with Gasteiger partial charge in [0.2, 0.25) is 0 Å². The molecule has 5 nitrogen and oxygen atoms in total. The highest BCUT2D eigenvalue weighted by molar-refractivity contribution is 6.07. The number of halogens is 1. The number of carbonyl (C=O) groups is 2. The molecular formula is C21H24FN3O2. The van der Waals surface area contributed by atoms with E-state index in [0.717, 1.165) is 16.7 Å². The lowest BCUT2D eigenvalue weighted by molar-refractivity contribution is -0.133. The minimum Gasteiger partial charge on any atom is -0.319 e. The van der Waals surface area contributed by atoms with Gasteiger partial charge in [0.05, 0.1) is 6.67 Å². The van der Waals surface area contributed by atoms with Crippen LogP contribution >= 0.6 is 0 Å². The van der Waals surface area contributed by atoms with E-state index in [4.69, 9.17) is 0 Å². The first kappa shape index (κ1) is 19.0. The van der Waals surface area contributed by atoms with Crippen molar-refractivity contribution in [2.75, 3.05) is 13.7 Å². The molecule has 0 unspecified atom stereocenters. The van der Waals surface area contributed by atoms with Crippen molar-refractivity contribution in [1.82, 2.24) is 15.1 Å². The number of nitrogens with zero attached hydrogens (tertiary/aromatic N) is 2. The molecule has 0 aromatic heterocycles. The van der Waals surface area contributed by atoms with Crippen LogP contribution in [-0.4, -0.2) is 35.5 Å². The molecule has 1 aliphatic heterocycles. The second kappa shape index (κ2) is 7.48. The Morgan fingerprint density at radius 3 is 2.30 bits per heavy atom. The van der Waals surface area contributed by atoms with E-state index in [-0.39, 0.29) is 18.4 Å². The predicted octanol–water partition coefficient (Wildman–Crippen LogP) is 3.38. The van der Waals surface area contributed by atoms with Crippen LogP contribution in [0, 0.1) is 12.7 Å². The first-order valence-electron chi connectivity index (χ1n) is 9.00. The fourth-order valence-electron chi connectivity index (χ4n) is 3.42. The molecule has 27 heavy (non-hydrogen) atoms. The molecular weight excluding hydrogens is 345 g/mol. The van der Waals surface area contributed by atoms with Gasteiger partial charge in [-0.15, -0.1) is 0 Å². The summed E-state index contributed by atoms with van der Waals surface area (Å²) >= 11 is 0. The number of hydrogen-bond donors (Lipinski definition) is 1. The van der Waals surface area contributed by atoms with E-state index in [0.29, 0.717) is 13.0 Å². The van der Waals surface area contributed by atoms with Gasteiger partial charge >= 0.3 is 6.03 Å². The zero-order chi connectivity index (χ0) is 19.6. The second-order valence-corrected chi connectivity index (χ2v) is 7.07. The minimum absolute atomic E-state index is 0.162. The van der Waals surface area contributed by atoms with E-state index >= 15 is 0 Å². The van der Waals surface area contributed by atoms with Gasteiger partial charge < -0.3 is 5.32 Å². The van der Waals surface area contributed by atoms with Gasteiger partial charge in [-0.25, -0.2) is 14.1 Å². The fraction of sp³-hybridized carbons (Fsp3) is 0.333. The highest BCUT2D eigenvalue weighted by Gasteiger charge is 2.51. The Hall–Kier alpha value is -2.73. The highest BCUT2D eigenvalue weighted by atomic mass is 19.1. The summed E-state index contributed by atoms with van der Waals surface area (Å²) in [4.78, 5) is 28.8. The van der Waals surface area contributed by atoms with Gasteiger partial charge in [0.15, 0.2) is 0 Å². The van der Waals surface area contributed by atoms with Crippen molar-refractivity contribution in [3.8, 4) is 0 Å². The number of urea groups is 1. The molecule has 1 fully saturated rings. The maximum absolute atomic E-state index is 13.2. The first-order valence-corrected chi connectivity index (χ1v) is 9.00. The monoisotopic (exact) mass is 369 g/mol. The quantitative estimate of drug-likeness (QED) is 0.794. The van der Waals surface area contributed by atoms with E-state index in [1.807, 2.05) is 50.1 Å². The molecule has 0 radical (unpaired) electrons. The number of carbonyl (C=O) groups excluding carboxylic acids is 2. The highest BCUT2D eigenvalue weighted by Crippen LogP contribution is 2.32. The van der Waals surface area contributed by atoms with Crippen molar-refractivity contribution in [1.29, 1.82) is 0 Å². The number of rotatable bonds is 6. The van der Waals surface area contributed by atoms with Crippen LogP contribution in [0.2, 0.25) is 0 Å². The third-order valence-electron chi connectivity index (χ3n) is 5.00. The van der Waals surface area contributed by atoms with Gasteiger partial charge in [-0.3, -0.25) is 9.69 Å². The zero-order valence-corrected chi connectivity index (χ0v) is 15.8. The molecule has 2 aromatic rings. The van der Waals surface area contributed by atoms with Gasteiger partial charge in [0, 0.05) is 6.54 Å². The summed E-state index contributed by atoms with van der Waals surface area (Å²) < 4.78 is 13.0.